The van der Waals surface area contributed by atoms with E-state index in [4.69, 9.17) is 9.97 Å². The Morgan fingerprint density at radius 1 is 0.305 bits per heavy atom. The molecule has 1 heterocycles. The van der Waals surface area contributed by atoms with Gasteiger partial charge < -0.3 is 0 Å². The maximum absolute atomic E-state index is 5.28. The summed E-state index contributed by atoms with van der Waals surface area (Å²) in [7, 11) is 0. The summed E-state index contributed by atoms with van der Waals surface area (Å²) in [6.07, 6.45) is 0. The van der Waals surface area contributed by atoms with Crippen LogP contribution in [-0.4, -0.2) is 9.97 Å². The molecule has 0 aliphatic heterocycles. The first-order valence-electron chi connectivity index (χ1n) is 20.4. The highest BCUT2D eigenvalue weighted by atomic mass is 14.9. The van der Waals surface area contributed by atoms with Crippen molar-refractivity contribution in [3.63, 3.8) is 0 Å². The third kappa shape index (κ3) is 5.96. The van der Waals surface area contributed by atoms with Crippen LogP contribution in [0.2, 0.25) is 0 Å². The summed E-state index contributed by atoms with van der Waals surface area (Å²) in [5.41, 5.74) is 17.5. The topological polar surface area (TPSA) is 25.8 Å². The van der Waals surface area contributed by atoms with Gasteiger partial charge in [0.25, 0.3) is 0 Å². The van der Waals surface area contributed by atoms with Crippen molar-refractivity contribution in [3.8, 4) is 78.4 Å². The van der Waals surface area contributed by atoms with Gasteiger partial charge in [0.15, 0.2) is 5.82 Å². The molecule has 10 aromatic rings. The van der Waals surface area contributed by atoms with Crippen molar-refractivity contribution in [2.75, 3.05) is 0 Å². The van der Waals surface area contributed by atoms with Crippen LogP contribution < -0.4 is 0 Å². The van der Waals surface area contributed by atoms with E-state index in [0.29, 0.717) is 5.82 Å². The zero-order chi connectivity index (χ0) is 39.5. The molecule has 2 nitrogen and oxygen atoms in total. The molecular weight excluding hydrogens is 713 g/mol. The molecule has 1 aliphatic rings. The van der Waals surface area contributed by atoms with E-state index in [9.17, 15) is 0 Å². The molecule has 9 aromatic carbocycles. The number of rotatable bonds is 6. The summed E-state index contributed by atoms with van der Waals surface area (Å²) in [5, 5.41) is 4.78. The minimum absolute atomic E-state index is 0.000367. The zero-order valence-corrected chi connectivity index (χ0v) is 33.0. The minimum atomic E-state index is 0.000367. The first kappa shape index (κ1) is 34.8. The molecule has 278 valence electrons. The van der Waals surface area contributed by atoms with Crippen molar-refractivity contribution in [1.29, 1.82) is 0 Å². The van der Waals surface area contributed by atoms with E-state index in [0.717, 1.165) is 44.6 Å². The van der Waals surface area contributed by atoms with E-state index < -0.39 is 0 Å². The first-order valence-corrected chi connectivity index (χ1v) is 20.4. The molecule has 0 spiro atoms. The second kappa shape index (κ2) is 13.9. The number of fused-ring (bicyclic) bond motifs is 5. The molecule has 0 saturated carbocycles. The van der Waals surface area contributed by atoms with Crippen LogP contribution in [0.15, 0.2) is 206 Å². The maximum atomic E-state index is 5.28. The van der Waals surface area contributed by atoms with Gasteiger partial charge in [0, 0.05) is 22.1 Å². The molecule has 1 aliphatic carbocycles. The minimum Gasteiger partial charge on any atom is -0.228 e. The molecule has 0 unspecified atom stereocenters. The predicted molar refractivity (Wildman–Crippen MR) is 247 cm³/mol. The second-order valence-electron chi connectivity index (χ2n) is 16.2. The van der Waals surface area contributed by atoms with Crippen molar-refractivity contribution in [1.82, 2.24) is 9.97 Å². The summed E-state index contributed by atoms with van der Waals surface area (Å²) in [6, 6.07) is 74.4. The van der Waals surface area contributed by atoms with Crippen molar-refractivity contribution >= 4 is 21.5 Å². The van der Waals surface area contributed by atoms with Crippen LogP contribution in [-0.2, 0) is 5.41 Å². The van der Waals surface area contributed by atoms with Gasteiger partial charge in [-0.15, -0.1) is 0 Å². The highest BCUT2D eigenvalue weighted by Crippen LogP contribution is 2.49. The molecule has 2 heteroatoms. The van der Waals surface area contributed by atoms with Gasteiger partial charge in [-0.25, -0.2) is 9.97 Å². The standard InChI is InChI=1S/C57H40N2/c1-57(2)52-23-13-12-21-48(52)51-35-42(30-33-53(51)57)38-24-27-39(28-25-38)45-31-32-50(47-20-10-9-19-46(45)47)55-36-54(58-56(59-55)40-15-4-3-5-16-40)49-22-11-8-18-44(49)43-29-26-37-14-6-7-17-41(37)34-43/h3-36H,1-2H3. The first-order chi connectivity index (χ1) is 29.0. The molecule has 59 heavy (non-hydrogen) atoms. The summed E-state index contributed by atoms with van der Waals surface area (Å²) < 4.78 is 0. The SMILES string of the molecule is CC1(C)c2ccccc2-c2cc(-c3ccc(-c4ccc(-c5cc(-c6ccccc6-c6ccc7ccccc7c6)nc(-c6ccccc6)n5)c5ccccc45)cc3)ccc21. The summed E-state index contributed by atoms with van der Waals surface area (Å²) in [6.45, 7) is 4.67. The monoisotopic (exact) mass is 752 g/mol. The van der Waals surface area contributed by atoms with E-state index in [-0.39, 0.29) is 5.41 Å². The third-order valence-corrected chi connectivity index (χ3v) is 12.3. The molecule has 0 radical (unpaired) electrons. The Bertz CT molecular complexity index is 3230. The number of aromatic nitrogens is 2. The van der Waals surface area contributed by atoms with E-state index in [2.05, 4.69) is 202 Å². The lowest BCUT2D eigenvalue weighted by Crippen LogP contribution is -2.14. The van der Waals surface area contributed by atoms with Gasteiger partial charge in [-0.2, -0.15) is 0 Å². The number of hydrogen-bond donors (Lipinski definition) is 0. The molecule has 0 N–H and O–H groups in total. The lowest BCUT2D eigenvalue weighted by Gasteiger charge is -2.21. The van der Waals surface area contributed by atoms with Gasteiger partial charge in [0.1, 0.15) is 0 Å². The predicted octanol–water partition coefficient (Wildman–Crippen LogP) is 15.1. The molecule has 0 bridgehead atoms. The number of benzene rings is 9. The van der Waals surface area contributed by atoms with Crippen LogP contribution in [0.3, 0.4) is 0 Å². The molecule has 1 aromatic heterocycles. The Morgan fingerprint density at radius 3 is 1.66 bits per heavy atom. The second-order valence-corrected chi connectivity index (χ2v) is 16.2. The summed E-state index contributed by atoms with van der Waals surface area (Å²) >= 11 is 0. The Balaban J connectivity index is 1.00. The van der Waals surface area contributed by atoms with Gasteiger partial charge in [-0.3, -0.25) is 0 Å². The van der Waals surface area contributed by atoms with Crippen LogP contribution in [0.25, 0.3) is 100.0 Å². The van der Waals surface area contributed by atoms with Crippen molar-refractivity contribution in [3.05, 3.63) is 217 Å². The Morgan fingerprint density at radius 2 is 0.864 bits per heavy atom. The highest BCUT2D eigenvalue weighted by molar-refractivity contribution is 6.05. The number of nitrogens with zero attached hydrogens (tertiary/aromatic N) is 2. The van der Waals surface area contributed by atoms with Crippen LogP contribution in [0.5, 0.6) is 0 Å². The number of hydrogen-bond acceptors (Lipinski definition) is 2. The average molecular weight is 753 g/mol. The van der Waals surface area contributed by atoms with Gasteiger partial charge in [0.2, 0.25) is 0 Å². The normalized spacial score (nSPS) is 12.7. The van der Waals surface area contributed by atoms with Gasteiger partial charge in [-0.05, 0) is 95.4 Å². The van der Waals surface area contributed by atoms with Gasteiger partial charge in [0.05, 0.1) is 11.4 Å². The zero-order valence-electron chi connectivity index (χ0n) is 33.0. The lowest BCUT2D eigenvalue weighted by atomic mass is 9.82. The fraction of sp³-hybridized carbons (Fsp3) is 0.0526. The van der Waals surface area contributed by atoms with E-state index in [1.54, 1.807) is 0 Å². The molecule has 0 fully saturated rings. The lowest BCUT2D eigenvalue weighted by molar-refractivity contribution is 0.660. The van der Waals surface area contributed by atoms with Gasteiger partial charge >= 0.3 is 0 Å². The van der Waals surface area contributed by atoms with E-state index in [1.165, 1.54) is 60.7 Å². The smallest absolute Gasteiger partial charge is 0.160 e. The fourth-order valence-corrected chi connectivity index (χ4v) is 9.27. The van der Waals surface area contributed by atoms with Crippen LogP contribution in [0.4, 0.5) is 0 Å². The molecular formula is C57H40N2. The van der Waals surface area contributed by atoms with Gasteiger partial charge in [-0.1, -0.05) is 202 Å². The fourth-order valence-electron chi connectivity index (χ4n) is 9.27. The molecule has 0 amide bonds. The van der Waals surface area contributed by atoms with Crippen molar-refractivity contribution in [2.45, 2.75) is 19.3 Å². The molecule has 0 atom stereocenters. The average Bonchev–Trinajstić information content (AvgIpc) is 3.53. The van der Waals surface area contributed by atoms with E-state index in [1.807, 2.05) is 18.2 Å². The summed E-state index contributed by atoms with van der Waals surface area (Å²) in [5.74, 6) is 0.703. The van der Waals surface area contributed by atoms with Crippen LogP contribution >= 0.6 is 0 Å². The Hall–Kier alpha value is -7.42. The largest absolute Gasteiger partial charge is 0.228 e. The van der Waals surface area contributed by atoms with Crippen LogP contribution in [0, 0.1) is 0 Å². The van der Waals surface area contributed by atoms with Crippen molar-refractivity contribution < 1.29 is 0 Å². The van der Waals surface area contributed by atoms with E-state index >= 15 is 0 Å². The third-order valence-electron chi connectivity index (χ3n) is 12.3. The van der Waals surface area contributed by atoms with Crippen LogP contribution in [0.1, 0.15) is 25.0 Å². The molecule has 0 saturated heterocycles. The highest BCUT2D eigenvalue weighted by Gasteiger charge is 2.35. The summed E-state index contributed by atoms with van der Waals surface area (Å²) in [4.78, 5) is 10.5. The Labute approximate surface area is 345 Å². The quantitative estimate of drug-likeness (QED) is 0.169. The Kier molecular flexibility index (Phi) is 8.20. The van der Waals surface area contributed by atoms with Crippen molar-refractivity contribution in [2.24, 2.45) is 0 Å². The molecule has 11 rings (SSSR count). The maximum Gasteiger partial charge on any atom is 0.160 e.